The number of hydrogen-bond donors (Lipinski definition) is 1. The zero-order valence-electron chi connectivity index (χ0n) is 13.6. The molecule has 2 unspecified atom stereocenters. The summed E-state index contributed by atoms with van der Waals surface area (Å²) in [5.41, 5.74) is 1.93. The number of benzene rings is 1. The Morgan fingerprint density at radius 3 is 2.68 bits per heavy atom. The molecule has 126 valence electrons. The Kier molecular flexibility index (Phi) is 4.38. The molecular formula is C19H17N3OS2. The fourth-order valence-electron chi connectivity index (χ4n) is 3.19. The highest BCUT2D eigenvalue weighted by molar-refractivity contribution is 7.80. The summed E-state index contributed by atoms with van der Waals surface area (Å²) in [4.78, 5) is 7.92. The second-order valence-corrected chi connectivity index (χ2v) is 7.05. The van der Waals surface area contributed by atoms with Gasteiger partial charge in [0.05, 0.1) is 30.6 Å². The van der Waals surface area contributed by atoms with Gasteiger partial charge in [-0.3, -0.25) is 4.98 Å². The van der Waals surface area contributed by atoms with Gasteiger partial charge in [0.15, 0.2) is 5.11 Å². The molecule has 3 aromatic rings. The third-order valence-electron chi connectivity index (χ3n) is 4.28. The monoisotopic (exact) mass is 367 g/mol. The van der Waals surface area contributed by atoms with Crippen LogP contribution in [-0.2, 0) is 0 Å². The number of aromatic nitrogens is 1. The van der Waals surface area contributed by atoms with Crippen molar-refractivity contribution in [2.75, 3.05) is 12.0 Å². The molecule has 0 bridgehead atoms. The number of thiocarbonyl (C=S) groups is 1. The molecule has 0 spiro atoms. The molecule has 6 heteroatoms. The van der Waals surface area contributed by atoms with Crippen LogP contribution in [-0.4, -0.2) is 17.2 Å². The van der Waals surface area contributed by atoms with Crippen LogP contribution in [0.25, 0.3) is 0 Å². The van der Waals surface area contributed by atoms with Gasteiger partial charge in [-0.05, 0) is 47.9 Å². The number of nitrogens with one attached hydrogen (secondary N) is 1. The van der Waals surface area contributed by atoms with Crippen LogP contribution in [0.2, 0.25) is 0 Å². The number of rotatable bonds is 4. The molecule has 0 saturated carbocycles. The van der Waals surface area contributed by atoms with E-state index in [2.05, 4.69) is 32.7 Å². The van der Waals surface area contributed by atoms with Crippen molar-refractivity contribution in [2.45, 2.75) is 12.1 Å². The van der Waals surface area contributed by atoms with Crippen molar-refractivity contribution >= 4 is 34.4 Å². The van der Waals surface area contributed by atoms with Gasteiger partial charge in [0.1, 0.15) is 5.75 Å². The van der Waals surface area contributed by atoms with Crippen LogP contribution in [0.4, 0.5) is 5.69 Å². The van der Waals surface area contributed by atoms with E-state index in [1.54, 1.807) is 18.4 Å². The smallest absolute Gasteiger partial charge is 0.174 e. The second kappa shape index (κ2) is 6.82. The Balaban J connectivity index is 1.84. The Morgan fingerprint density at radius 1 is 1.12 bits per heavy atom. The SMILES string of the molecule is COc1ccccc1N1C(=S)NC(c2ccccn2)C1c1cccs1. The summed E-state index contributed by atoms with van der Waals surface area (Å²) in [6.45, 7) is 0. The highest BCUT2D eigenvalue weighted by Crippen LogP contribution is 2.45. The van der Waals surface area contributed by atoms with E-state index in [9.17, 15) is 0 Å². The van der Waals surface area contributed by atoms with Crippen LogP contribution < -0.4 is 15.0 Å². The molecule has 25 heavy (non-hydrogen) atoms. The van der Waals surface area contributed by atoms with Crippen LogP contribution in [0.5, 0.6) is 5.75 Å². The molecule has 1 aliphatic rings. The Hall–Kier alpha value is -2.44. The van der Waals surface area contributed by atoms with Crippen LogP contribution in [0.15, 0.2) is 66.2 Å². The number of nitrogens with zero attached hydrogens (tertiary/aromatic N) is 2. The molecule has 1 aliphatic heterocycles. The van der Waals surface area contributed by atoms with E-state index in [-0.39, 0.29) is 12.1 Å². The van der Waals surface area contributed by atoms with E-state index in [0.717, 1.165) is 17.1 Å². The Morgan fingerprint density at radius 2 is 1.96 bits per heavy atom. The molecule has 2 atom stereocenters. The number of hydrogen-bond acceptors (Lipinski definition) is 4. The number of anilines is 1. The standard InChI is InChI=1S/C19H17N3OS2/c1-23-15-9-3-2-8-14(15)22-18(16-10-6-12-25-16)17(21-19(22)24)13-7-4-5-11-20-13/h2-12,17-18H,1H3,(H,21,24). The Labute approximate surface area is 156 Å². The van der Waals surface area contributed by atoms with E-state index in [4.69, 9.17) is 17.0 Å². The average Bonchev–Trinajstić information content (AvgIpc) is 3.30. The van der Waals surface area contributed by atoms with E-state index >= 15 is 0 Å². The van der Waals surface area contributed by atoms with Crippen LogP contribution >= 0.6 is 23.6 Å². The first-order valence-corrected chi connectivity index (χ1v) is 9.25. The van der Waals surface area contributed by atoms with Gasteiger partial charge in [-0.15, -0.1) is 11.3 Å². The van der Waals surface area contributed by atoms with Crippen molar-refractivity contribution in [1.82, 2.24) is 10.3 Å². The fourth-order valence-corrected chi connectivity index (χ4v) is 4.38. The highest BCUT2D eigenvalue weighted by Gasteiger charge is 2.42. The lowest BCUT2D eigenvalue weighted by Gasteiger charge is -2.28. The normalized spacial score (nSPS) is 19.7. The molecule has 2 aromatic heterocycles. The van der Waals surface area contributed by atoms with Crippen molar-refractivity contribution in [3.05, 3.63) is 76.7 Å². The molecule has 3 heterocycles. The predicted octanol–water partition coefficient (Wildman–Crippen LogP) is 4.33. The van der Waals surface area contributed by atoms with Crippen molar-refractivity contribution in [3.63, 3.8) is 0 Å². The summed E-state index contributed by atoms with van der Waals surface area (Å²) < 4.78 is 5.57. The molecule has 1 N–H and O–H groups in total. The average molecular weight is 367 g/mol. The van der Waals surface area contributed by atoms with Crippen molar-refractivity contribution in [1.29, 1.82) is 0 Å². The van der Waals surface area contributed by atoms with E-state index in [1.165, 1.54) is 4.88 Å². The number of methoxy groups -OCH3 is 1. The van der Waals surface area contributed by atoms with Crippen LogP contribution in [0.3, 0.4) is 0 Å². The lowest BCUT2D eigenvalue weighted by atomic mass is 10.0. The first kappa shape index (κ1) is 16.1. The minimum Gasteiger partial charge on any atom is -0.495 e. The molecule has 1 aromatic carbocycles. The van der Waals surface area contributed by atoms with Crippen LogP contribution in [0, 0.1) is 0 Å². The first-order valence-electron chi connectivity index (χ1n) is 7.96. The summed E-state index contributed by atoms with van der Waals surface area (Å²) in [6.07, 6.45) is 1.82. The maximum atomic E-state index is 5.69. The van der Waals surface area contributed by atoms with Gasteiger partial charge in [-0.2, -0.15) is 0 Å². The van der Waals surface area contributed by atoms with Gasteiger partial charge in [0, 0.05) is 11.1 Å². The van der Waals surface area contributed by atoms with Gasteiger partial charge in [-0.25, -0.2) is 0 Å². The lowest BCUT2D eigenvalue weighted by molar-refractivity contribution is 0.414. The molecule has 1 fully saturated rings. The summed E-state index contributed by atoms with van der Waals surface area (Å²) >= 11 is 7.42. The number of ether oxygens (including phenoxy) is 1. The fraction of sp³-hybridized carbons (Fsp3) is 0.158. The minimum atomic E-state index is -0.0164. The lowest BCUT2D eigenvalue weighted by Crippen LogP contribution is -2.29. The molecule has 1 saturated heterocycles. The van der Waals surface area contributed by atoms with Crippen LogP contribution in [0.1, 0.15) is 22.7 Å². The predicted molar refractivity (Wildman–Crippen MR) is 105 cm³/mol. The van der Waals surface area contributed by atoms with E-state index in [0.29, 0.717) is 5.11 Å². The van der Waals surface area contributed by atoms with Crippen molar-refractivity contribution in [2.24, 2.45) is 0 Å². The second-order valence-electron chi connectivity index (χ2n) is 5.68. The van der Waals surface area contributed by atoms with E-state index in [1.807, 2.05) is 48.7 Å². The summed E-state index contributed by atoms with van der Waals surface area (Å²) in [6, 6.07) is 18.1. The number of thiophene rings is 1. The molecule has 4 rings (SSSR count). The molecule has 4 nitrogen and oxygen atoms in total. The summed E-state index contributed by atoms with van der Waals surface area (Å²) in [7, 11) is 1.68. The molecular weight excluding hydrogens is 350 g/mol. The molecule has 0 radical (unpaired) electrons. The highest BCUT2D eigenvalue weighted by atomic mass is 32.1. The van der Waals surface area contributed by atoms with Gasteiger partial charge in [0.25, 0.3) is 0 Å². The minimum absolute atomic E-state index is 0.0164. The number of pyridine rings is 1. The van der Waals surface area contributed by atoms with Gasteiger partial charge in [-0.1, -0.05) is 24.3 Å². The third-order valence-corrected chi connectivity index (χ3v) is 5.54. The maximum Gasteiger partial charge on any atom is 0.174 e. The van der Waals surface area contributed by atoms with E-state index < -0.39 is 0 Å². The van der Waals surface area contributed by atoms with Gasteiger partial charge >= 0.3 is 0 Å². The third kappa shape index (κ3) is 2.88. The van der Waals surface area contributed by atoms with Gasteiger partial charge in [0.2, 0.25) is 0 Å². The zero-order chi connectivity index (χ0) is 17.2. The maximum absolute atomic E-state index is 5.69. The molecule has 0 aliphatic carbocycles. The summed E-state index contributed by atoms with van der Waals surface area (Å²) in [5, 5.41) is 6.22. The van der Waals surface area contributed by atoms with Gasteiger partial charge < -0.3 is 15.0 Å². The Bertz CT molecular complexity index is 867. The topological polar surface area (TPSA) is 37.4 Å². The van der Waals surface area contributed by atoms with Crippen molar-refractivity contribution in [3.8, 4) is 5.75 Å². The molecule has 0 amide bonds. The van der Waals surface area contributed by atoms with Crippen molar-refractivity contribution < 1.29 is 4.74 Å². The quantitative estimate of drug-likeness (QED) is 0.695. The first-order chi connectivity index (χ1) is 12.3. The summed E-state index contributed by atoms with van der Waals surface area (Å²) in [5.74, 6) is 0.801. The zero-order valence-corrected chi connectivity index (χ0v) is 15.3. The largest absolute Gasteiger partial charge is 0.495 e. The number of para-hydroxylation sites is 2.